The molecule has 0 radical (unpaired) electrons. The second-order valence-corrected chi connectivity index (χ2v) is 7.32. The van der Waals surface area contributed by atoms with E-state index in [0.717, 1.165) is 18.4 Å². The van der Waals surface area contributed by atoms with Gasteiger partial charge in [0, 0.05) is 0 Å². The van der Waals surface area contributed by atoms with Crippen LogP contribution in [0.3, 0.4) is 0 Å². The van der Waals surface area contributed by atoms with E-state index in [1.54, 1.807) is 18.2 Å². The van der Waals surface area contributed by atoms with Crippen molar-refractivity contribution < 1.29 is 24.2 Å². The largest absolute Gasteiger partial charge is 0.493 e. The molecule has 0 aliphatic heterocycles. The Morgan fingerprint density at radius 1 is 1.00 bits per heavy atom. The third kappa shape index (κ3) is 5.28. The van der Waals surface area contributed by atoms with Crippen LogP contribution < -0.4 is 14.8 Å². The predicted octanol–water partition coefficient (Wildman–Crippen LogP) is 3.46. The van der Waals surface area contributed by atoms with E-state index in [9.17, 15) is 14.7 Å². The van der Waals surface area contributed by atoms with E-state index in [2.05, 4.69) is 17.4 Å². The lowest BCUT2D eigenvalue weighted by Crippen LogP contribution is -2.31. The number of carbonyl (C=O) groups excluding carboxylic acids is 1. The van der Waals surface area contributed by atoms with Gasteiger partial charge in [-0.3, -0.25) is 9.59 Å². The molecule has 1 amide bonds. The zero-order chi connectivity index (χ0) is 20.8. The molecule has 0 saturated heterocycles. The Morgan fingerprint density at radius 3 is 2.41 bits per heavy atom. The highest BCUT2D eigenvalue weighted by molar-refractivity contribution is 5.80. The van der Waals surface area contributed by atoms with Gasteiger partial charge in [0.1, 0.15) is 0 Å². The van der Waals surface area contributed by atoms with Crippen molar-refractivity contribution in [1.82, 2.24) is 5.32 Å². The summed E-state index contributed by atoms with van der Waals surface area (Å²) in [5, 5.41) is 12.2. The molecule has 154 valence electrons. The molecule has 2 aromatic carbocycles. The third-order valence-corrected chi connectivity index (χ3v) is 5.30. The number of carboxylic acids is 1. The molecular weight excluding hydrogens is 370 g/mol. The minimum Gasteiger partial charge on any atom is -0.493 e. The minimum atomic E-state index is -0.987. The summed E-state index contributed by atoms with van der Waals surface area (Å²) < 4.78 is 10.5. The highest BCUT2D eigenvalue weighted by atomic mass is 16.5. The first-order valence-corrected chi connectivity index (χ1v) is 9.84. The van der Waals surface area contributed by atoms with E-state index < -0.39 is 12.0 Å². The lowest BCUT2D eigenvalue weighted by atomic mass is 9.90. The molecule has 6 heteroatoms. The van der Waals surface area contributed by atoms with Gasteiger partial charge in [0.25, 0.3) is 0 Å². The predicted molar refractivity (Wildman–Crippen MR) is 109 cm³/mol. The summed E-state index contributed by atoms with van der Waals surface area (Å²) in [6, 6.07) is 10.7. The van der Waals surface area contributed by atoms with Crippen molar-refractivity contribution in [3.8, 4) is 11.5 Å². The zero-order valence-corrected chi connectivity index (χ0v) is 16.9. The van der Waals surface area contributed by atoms with Crippen molar-refractivity contribution in [3.05, 3.63) is 58.7 Å². The van der Waals surface area contributed by atoms with Crippen molar-refractivity contribution in [1.29, 1.82) is 0 Å². The normalized spacial score (nSPS) is 13.9. The van der Waals surface area contributed by atoms with Crippen molar-refractivity contribution in [2.24, 2.45) is 0 Å². The molecule has 0 saturated carbocycles. The Hall–Kier alpha value is -3.02. The highest BCUT2D eigenvalue weighted by Crippen LogP contribution is 2.31. The molecule has 0 fully saturated rings. The molecule has 2 aromatic rings. The Balaban J connectivity index is 1.74. The molecule has 29 heavy (non-hydrogen) atoms. The average molecular weight is 397 g/mol. The zero-order valence-electron chi connectivity index (χ0n) is 16.9. The molecule has 1 atom stereocenters. The smallest absolute Gasteiger partial charge is 0.305 e. The molecule has 0 heterocycles. The van der Waals surface area contributed by atoms with Crippen LogP contribution in [0.25, 0.3) is 0 Å². The maximum Gasteiger partial charge on any atom is 0.305 e. The number of ether oxygens (including phenoxy) is 2. The van der Waals surface area contributed by atoms with Crippen LogP contribution in [0.1, 0.15) is 47.6 Å². The Bertz CT molecular complexity index is 893. The second kappa shape index (κ2) is 9.45. The summed E-state index contributed by atoms with van der Waals surface area (Å²) in [5.41, 5.74) is 4.30. The highest BCUT2D eigenvalue weighted by Gasteiger charge is 2.20. The molecule has 1 aliphatic rings. The van der Waals surface area contributed by atoms with Gasteiger partial charge in [-0.25, -0.2) is 0 Å². The van der Waals surface area contributed by atoms with Gasteiger partial charge in [0.15, 0.2) is 11.5 Å². The fourth-order valence-corrected chi connectivity index (χ4v) is 3.82. The molecular formula is C23H27NO5. The molecule has 0 aromatic heterocycles. The molecule has 1 unspecified atom stereocenters. The fourth-order valence-electron chi connectivity index (χ4n) is 3.82. The van der Waals surface area contributed by atoms with Crippen molar-refractivity contribution in [2.75, 3.05) is 14.2 Å². The Kier molecular flexibility index (Phi) is 6.75. The van der Waals surface area contributed by atoms with Crippen LogP contribution in [-0.2, 0) is 28.9 Å². The van der Waals surface area contributed by atoms with Gasteiger partial charge in [0.2, 0.25) is 5.91 Å². The number of aryl methyl sites for hydroxylation is 2. The van der Waals surface area contributed by atoms with E-state index in [0.29, 0.717) is 17.1 Å². The first-order chi connectivity index (χ1) is 14.0. The number of carboxylic acid groups (broad SMARTS) is 1. The van der Waals surface area contributed by atoms with Crippen LogP contribution in [0.15, 0.2) is 36.4 Å². The number of hydrogen-bond acceptors (Lipinski definition) is 4. The topological polar surface area (TPSA) is 84.9 Å². The van der Waals surface area contributed by atoms with Gasteiger partial charge >= 0.3 is 5.97 Å². The Morgan fingerprint density at radius 2 is 1.72 bits per heavy atom. The molecule has 2 N–H and O–H groups in total. The first kappa shape index (κ1) is 20.7. The molecule has 0 spiro atoms. The number of nitrogens with one attached hydrogen (secondary N) is 1. The molecule has 3 rings (SSSR count). The van der Waals surface area contributed by atoms with Crippen LogP contribution in [0.4, 0.5) is 0 Å². The lowest BCUT2D eigenvalue weighted by Gasteiger charge is -2.20. The van der Waals surface area contributed by atoms with E-state index in [-0.39, 0.29) is 18.7 Å². The van der Waals surface area contributed by atoms with Gasteiger partial charge in [-0.1, -0.05) is 24.3 Å². The molecule has 6 nitrogen and oxygen atoms in total. The van der Waals surface area contributed by atoms with Gasteiger partial charge in [-0.2, -0.15) is 0 Å². The number of fused-ring (bicyclic) bond motifs is 1. The van der Waals surface area contributed by atoms with E-state index >= 15 is 0 Å². The molecule has 0 bridgehead atoms. The van der Waals surface area contributed by atoms with Crippen LogP contribution in [0, 0.1) is 0 Å². The second-order valence-electron chi connectivity index (χ2n) is 7.32. The van der Waals surface area contributed by atoms with Crippen molar-refractivity contribution >= 4 is 11.9 Å². The van der Waals surface area contributed by atoms with Crippen molar-refractivity contribution in [3.63, 3.8) is 0 Å². The summed E-state index contributed by atoms with van der Waals surface area (Å²) in [5.74, 6) is -0.157. The quantitative estimate of drug-likeness (QED) is 0.713. The number of carbonyl (C=O) groups is 2. The average Bonchev–Trinajstić information content (AvgIpc) is 2.72. The number of benzene rings is 2. The summed E-state index contributed by atoms with van der Waals surface area (Å²) in [4.78, 5) is 24.0. The summed E-state index contributed by atoms with van der Waals surface area (Å²) >= 11 is 0. The number of rotatable bonds is 8. The summed E-state index contributed by atoms with van der Waals surface area (Å²) in [6.07, 6.45) is 4.56. The monoisotopic (exact) mass is 397 g/mol. The van der Waals surface area contributed by atoms with Crippen LogP contribution in [-0.4, -0.2) is 31.2 Å². The van der Waals surface area contributed by atoms with Gasteiger partial charge < -0.3 is 19.9 Å². The fraction of sp³-hybridized carbons (Fsp3) is 0.391. The number of hydrogen-bond donors (Lipinski definition) is 2. The number of methoxy groups -OCH3 is 2. The first-order valence-electron chi connectivity index (χ1n) is 9.84. The van der Waals surface area contributed by atoms with E-state index in [4.69, 9.17) is 9.47 Å². The van der Waals surface area contributed by atoms with Crippen LogP contribution in [0.5, 0.6) is 11.5 Å². The SMILES string of the molecule is COc1ccc(C(CC(=O)O)NC(=O)Cc2ccc3c(c2)CCCC3)cc1OC. The van der Waals surface area contributed by atoms with E-state index in [1.807, 2.05) is 6.07 Å². The van der Waals surface area contributed by atoms with Crippen LogP contribution >= 0.6 is 0 Å². The number of aliphatic carboxylic acids is 1. The summed E-state index contributed by atoms with van der Waals surface area (Å²) in [7, 11) is 3.05. The van der Waals surface area contributed by atoms with Gasteiger partial charge in [-0.15, -0.1) is 0 Å². The third-order valence-electron chi connectivity index (χ3n) is 5.30. The van der Waals surface area contributed by atoms with Gasteiger partial charge in [-0.05, 0) is 60.1 Å². The Labute approximate surface area is 170 Å². The minimum absolute atomic E-state index is 0.207. The maximum atomic E-state index is 12.7. The summed E-state index contributed by atoms with van der Waals surface area (Å²) in [6.45, 7) is 0. The molecule has 1 aliphatic carbocycles. The van der Waals surface area contributed by atoms with Crippen LogP contribution in [0.2, 0.25) is 0 Å². The lowest BCUT2D eigenvalue weighted by molar-refractivity contribution is -0.137. The maximum absolute atomic E-state index is 12.7. The number of amides is 1. The van der Waals surface area contributed by atoms with Crippen molar-refractivity contribution in [2.45, 2.75) is 44.6 Å². The van der Waals surface area contributed by atoms with Gasteiger partial charge in [0.05, 0.1) is 33.1 Å². The van der Waals surface area contributed by atoms with E-state index in [1.165, 1.54) is 38.2 Å². The standard InChI is InChI=1S/C23H27NO5/c1-28-20-10-9-18(13-21(20)29-2)19(14-23(26)27)24-22(25)12-15-7-8-16-5-3-4-6-17(16)11-15/h7-11,13,19H,3-6,12,14H2,1-2H3,(H,24,25)(H,26,27).